The molecular weight excluding hydrogens is 366 g/mol. The van der Waals surface area contributed by atoms with E-state index in [0.29, 0.717) is 0 Å². The molecule has 1 aromatic carbocycles. The second-order valence-corrected chi connectivity index (χ2v) is 7.44. The molecule has 3 aromatic rings. The van der Waals surface area contributed by atoms with E-state index >= 15 is 0 Å². The van der Waals surface area contributed by atoms with E-state index in [1.54, 1.807) is 0 Å². The molecule has 2 aliphatic rings. The number of aromatic nitrogens is 4. The summed E-state index contributed by atoms with van der Waals surface area (Å²) in [6.07, 6.45) is 0. The van der Waals surface area contributed by atoms with Crippen molar-refractivity contribution in [3.63, 3.8) is 0 Å². The van der Waals surface area contributed by atoms with Crippen molar-refractivity contribution < 1.29 is 4.74 Å². The predicted octanol–water partition coefficient (Wildman–Crippen LogP) is 1.89. The second kappa shape index (κ2) is 7.79. The van der Waals surface area contributed by atoms with Crippen molar-refractivity contribution in [2.45, 2.75) is 6.92 Å². The number of morpholine rings is 1. The van der Waals surface area contributed by atoms with Crippen LogP contribution in [0.4, 0.5) is 17.5 Å². The molecule has 0 bridgehead atoms. The summed E-state index contributed by atoms with van der Waals surface area (Å²) in [6.45, 7) is 8.85. The first-order chi connectivity index (χ1) is 14.3. The molecule has 0 spiro atoms. The summed E-state index contributed by atoms with van der Waals surface area (Å²) < 4.78 is 5.41. The fourth-order valence-corrected chi connectivity index (χ4v) is 3.97. The molecular formula is C21H25N7O. The monoisotopic (exact) mass is 391 g/mol. The van der Waals surface area contributed by atoms with Gasteiger partial charge in [0.1, 0.15) is 0 Å². The molecule has 150 valence electrons. The first-order valence-corrected chi connectivity index (χ1v) is 10.2. The van der Waals surface area contributed by atoms with Gasteiger partial charge in [0.2, 0.25) is 0 Å². The molecule has 0 aliphatic carbocycles. The van der Waals surface area contributed by atoms with Gasteiger partial charge in [0, 0.05) is 39.3 Å². The third kappa shape index (κ3) is 3.67. The minimum absolute atomic E-state index is 0.752. The zero-order valence-corrected chi connectivity index (χ0v) is 16.7. The Morgan fingerprint density at radius 2 is 1.24 bits per heavy atom. The average Bonchev–Trinajstić information content (AvgIpc) is 2.79. The van der Waals surface area contributed by atoms with Crippen LogP contribution < -0.4 is 14.7 Å². The standard InChI is InChI=1S/C21H25N7O/c1-16-21(23-18-5-3-2-4-17(18)22-16)28-10-8-26(9-11-28)19-6-7-20(25-24-19)27-12-14-29-15-13-27/h2-7H,8-15H2,1H3. The van der Waals surface area contributed by atoms with Crippen LogP contribution in [-0.4, -0.2) is 72.6 Å². The van der Waals surface area contributed by atoms with Crippen LogP contribution in [0.2, 0.25) is 0 Å². The number of benzene rings is 1. The Bertz CT molecular complexity index is 980. The predicted molar refractivity (Wildman–Crippen MR) is 114 cm³/mol. The maximum absolute atomic E-state index is 5.41. The molecule has 5 rings (SSSR count). The van der Waals surface area contributed by atoms with E-state index in [0.717, 1.165) is 86.7 Å². The lowest BCUT2D eigenvalue weighted by Gasteiger charge is -2.36. The normalized spacial score (nSPS) is 17.8. The lowest BCUT2D eigenvalue weighted by molar-refractivity contribution is 0.122. The van der Waals surface area contributed by atoms with E-state index in [9.17, 15) is 0 Å². The van der Waals surface area contributed by atoms with Crippen LogP contribution in [0.5, 0.6) is 0 Å². The summed E-state index contributed by atoms with van der Waals surface area (Å²) in [4.78, 5) is 16.4. The Morgan fingerprint density at radius 1 is 0.690 bits per heavy atom. The SMILES string of the molecule is Cc1nc2ccccc2nc1N1CCN(c2ccc(N3CCOCC3)nn2)CC1. The quantitative estimate of drug-likeness (QED) is 0.670. The van der Waals surface area contributed by atoms with Crippen molar-refractivity contribution in [1.82, 2.24) is 20.2 Å². The average molecular weight is 391 g/mol. The summed E-state index contributed by atoms with van der Waals surface area (Å²) in [7, 11) is 0. The van der Waals surface area contributed by atoms with Crippen molar-refractivity contribution in [2.24, 2.45) is 0 Å². The van der Waals surface area contributed by atoms with Gasteiger partial charge in [-0.15, -0.1) is 10.2 Å². The van der Waals surface area contributed by atoms with Crippen LogP contribution in [0.15, 0.2) is 36.4 Å². The Balaban J connectivity index is 1.26. The van der Waals surface area contributed by atoms with E-state index in [1.165, 1.54) is 0 Å². The molecule has 0 saturated carbocycles. The van der Waals surface area contributed by atoms with Gasteiger partial charge < -0.3 is 19.4 Å². The summed E-state index contributed by atoms with van der Waals surface area (Å²) in [5, 5.41) is 8.93. The van der Waals surface area contributed by atoms with Crippen molar-refractivity contribution >= 4 is 28.5 Å². The number of fused-ring (bicyclic) bond motifs is 1. The summed E-state index contributed by atoms with van der Waals surface area (Å²) >= 11 is 0. The molecule has 8 nitrogen and oxygen atoms in total. The Kier molecular flexibility index (Phi) is 4.85. The van der Waals surface area contributed by atoms with Gasteiger partial charge in [0.05, 0.1) is 29.9 Å². The first kappa shape index (κ1) is 18.1. The zero-order chi connectivity index (χ0) is 19.6. The molecule has 2 fully saturated rings. The number of para-hydroxylation sites is 2. The fourth-order valence-electron chi connectivity index (χ4n) is 3.97. The third-order valence-corrected chi connectivity index (χ3v) is 5.59. The number of anilines is 3. The van der Waals surface area contributed by atoms with Gasteiger partial charge in [0.25, 0.3) is 0 Å². The maximum atomic E-state index is 5.41. The summed E-state index contributed by atoms with van der Waals surface area (Å²) in [6, 6.07) is 12.2. The lowest BCUT2D eigenvalue weighted by Crippen LogP contribution is -2.47. The van der Waals surface area contributed by atoms with Crippen LogP contribution in [0.3, 0.4) is 0 Å². The number of nitrogens with zero attached hydrogens (tertiary/aromatic N) is 7. The Labute approximate surface area is 170 Å². The molecule has 2 saturated heterocycles. The highest BCUT2D eigenvalue weighted by atomic mass is 16.5. The fraction of sp³-hybridized carbons (Fsp3) is 0.429. The largest absolute Gasteiger partial charge is 0.378 e. The smallest absolute Gasteiger partial charge is 0.151 e. The third-order valence-electron chi connectivity index (χ3n) is 5.59. The first-order valence-electron chi connectivity index (χ1n) is 10.2. The van der Waals surface area contributed by atoms with Gasteiger partial charge in [-0.1, -0.05) is 12.1 Å². The topological polar surface area (TPSA) is 70.5 Å². The van der Waals surface area contributed by atoms with E-state index in [2.05, 4.69) is 37.0 Å². The summed E-state index contributed by atoms with van der Waals surface area (Å²) in [5.74, 6) is 2.85. The molecule has 8 heteroatoms. The van der Waals surface area contributed by atoms with Crippen molar-refractivity contribution in [3.8, 4) is 0 Å². The molecule has 29 heavy (non-hydrogen) atoms. The zero-order valence-electron chi connectivity index (χ0n) is 16.7. The van der Waals surface area contributed by atoms with Crippen LogP contribution >= 0.6 is 0 Å². The van der Waals surface area contributed by atoms with Gasteiger partial charge in [-0.3, -0.25) is 0 Å². The lowest BCUT2D eigenvalue weighted by atomic mass is 10.2. The van der Waals surface area contributed by atoms with Gasteiger partial charge in [-0.05, 0) is 31.2 Å². The molecule has 4 heterocycles. The Morgan fingerprint density at radius 3 is 1.86 bits per heavy atom. The minimum Gasteiger partial charge on any atom is -0.378 e. The van der Waals surface area contributed by atoms with E-state index in [4.69, 9.17) is 14.7 Å². The molecule has 2 aromatic heterocycles. The van der Waals surface area contributed by atoms with Crippen molar-refractivity contribution in [1.29, 1.82) is 0 Å². The number of ether oxygens (including phenoxy) is 1. The van der Waals surface area contributed by atoms with Crippen LogP contribution in [0.25, 0.3) is 11.0 Å². The highest BCUT2D eigenvalue weighted by Gasteiger charge is 2.22. The second-order valence-electron chi connectivity index (χ2n) is 7.44. The van der Waals surface area contributed by atoms with Crippen molar-refractivity contribution in [3.05, 3.63) is 42.1 Å². The highest BCUT2D eigenvalue weighted by Crippen LogP contribution is 2.23. The highest BCUT2D eigenvalue weighted by molar-refractivity contribution is 5.76. The molecule has 0 unspecified atom stereocenters. The van der Waals surface area contributed by atoms with Crippen LogP contribution in [0.1, 0.15) is 5.69 Å². The van der Waals surface area contributed by atoms with Gasteiger partial charge >= 0.3 is 0 Å². The summed E-state index contributed by atoms with van der Waals surface area (Å²) in [5.41, 5.74) is 2.87. The van der Waals surface area contributed by atoms with E-state index in [1.807, 2.05) is 31.2 Å². The maximum Gasteiger partial charge on any atom is 0.151 e. The number of hydrogen-bond acceptors (Lipinski definition) is 8. The van der Waals surface area contributed by atoms with Gasteiger partial charge in [-0.2, -0.15) is 0 Å². The molecule has 0 N–H and O–H groups in total. The molecule has 0 radical (unpaired) electrons. The van der Waals surface area contributed by atoms with Crippen LogP contribution in [0, 0.1) is 6.92 Å². The number of piperazine rings is 1. The van der Waals surface area contributed by atoms with Crippen LogP contribution in [-0.2, 0) is 4.74 Å². The van der Waals surface area contributed by atoms with E-state index in [-0.39, 0.29) is 0 Å². The number of rotatable bonds is 3. The van der Waals surface area contributed by atoms with E-state index < -0.39 is 0 Å². The van der Waals surface area contributed by atoms with Gasteiger partial charge in [-0.25, -0.2) is 9.97 Å². The molecule has 0 atom stereocenters. The van der Waals surface area contributed by atoms with Crippen molar-refractivity contribution in [2.75, 3.05) is 67.2 Å². The number of aryl methyl sites for hydroxylation is 1. The van der Waals surface area contributed by atoms with Gasteiger partial charge in [0.15, 0.2) is 17.5 Å². The molecule has 2 aliphatic heterocycles. The Hall–Kier alpha value is -3.00. The molecule has 0 amide bonds. The minimum atomic E-state index is 0.752. The number of hydrogen-bond donors (Lipinski definition) is 0.